The number of carbonyl (C=O) groups is 5. The first-order chi connectivity index (χ1) is 12.5. The topological polar surface area (TPSA) is 214 Å². The zero-order chi connectivity index (χ0) is 21.1. The van der Waals surface area contributed by atoms with Crippen molar-refractivity contribution in [3.8, 4) is 0 Å². The van der Waals surface area contributed by atoms with Gasteiger partial charge in [-0.05, 0) is 5.92 Å². The van der Waals surface area contributed by atoms with Gasteiger partial charge >= 0.3 is 5.97 Å². The summed E-state index contributed by atoms with van der Waals surface area (Å²) in [6, 6.07) is -3.80. The molecule has 0 heterocycles. The zero-order valence-electron chi connectivity index (χ0n) is 15.2. The molecule has 0 aromatic rings. The van der Waals surface area contributed by atoms with E-state index in [4.69, 9.17) is 16.6 Å². The van der Waals surface area contributed by atoms with Gasteiger partial charge in [-0.2, -0.15) is 0 Å². The Labute approximate surface area is 156 Å². The Morgan fingerprint density at radius 3 is 2.07 bits per heavy atom. The van der Waals surface area contributed by atoms with Crippen LogP contribution in [0.4, 0.5) is 0 Å². The van der Waals surface area contributed by atoms with Gasteiger partial charge in [-0.25, -0.2) is 0 Å². The van der Waals surface area contributed by atoms with Crippen molar-refractivity contribution in [3.63, 3.8) is 0 Å². The molecule has 0 aliphatic rings. The van der Waals surface area contributed by atoms with Gasteiger partial charge in [0.15, 0.2) is 0 Å². The van der Waals surface area contributed by atoms with Gasteiger partial charge in [0.25, 0.3) is 0 Å². The molecule has 0 aromatic heterocycles. The lowest BCUT2D eigenvalue weighted by Gasteiger charge is -2.26. The Hall–Kier alpha value is -2.73. The number of aliphatic hydroxyl groups is 1. The predicted octanol–water partition coefficient (Wildman–Crippen LogP) is -3.60. The van der Waals surface area contributed by atoms with Gasteiger partial charge in [-0.1, -0.05) is 20.3 Å². The Balaban J connectivity index is 5.04. The van der Waals surface area contributed by atoms with Gasteiger partial charge in [0.05, 0.1) is 19.1 Å². The predicted molar refractivity (Wildman–Crippen MR) is 92.8 cm³/mol. The standard InChI is InChI=1S/C15H27N5O7/c1-3-7(2)12(15(27)18-5-11(23)24)20-14(26)9(6-21)19-13(25)8(16)4-10(17)22/h7-9,12,21H,3-6,16H2,1-2H3,(H2,17,22)(H,18,27)(H,19,25)(H,20,26)(H,23,24). The summed E-state index contributed by atoms with van der Waals surface area (Å²) in [6.07, 6.45) is 0.0454. The van der Waals surface area contributed by atoms with E-state index in [1.165, 1.54) is 0 Å². The van der Waals surface area contributed by atoms with Crippen LogP contribution in [-0.4, -0.2) is 71.1 Å². The third kappa shape index (κ3) is 8.96. The number of hydrogen-bond acceptors (Lipinski definition) is 7. The van der Waals surface area contributed by atoms with Gasteiger partial charge in [-0.15, -0.1) is 0 Å². The van der Waals surface area contributed by atoms with Crippen LogP contribution < -0.4 is 27.4 Å². The van der Waals surface area contributed by atoms with Crippen molar-refractivity contribution in [1.82, 2.24) is 16.0 Å². The maximum Gasteiger partial charge on any atom is 0.322 e. The van der Waals surface area contributed by atoms with E-state index < -0.39 is 67.3 Å². The minimum Gasteiger partial charge on any atom is -0.480 e. The number of amides is 4. The molecule has 12 heteroatoms. The molecule has 0 spiro atoms. The van der Waals surface area contributed by atoms with Crippen LogP contribution in [0.2, 0.25) is 0 Å². The molecular weight excluding hydrogens is 362 g/mol. The van der Waals surface area contributed by atoms with Crippen LogP contribution in [0.15, 0.2) is 0 Å². The summed E-state index contributed by atoms with van der Waals surface area (Å²) in [5.74, 6) is -4.87. The number of carbonyl (C=O) groups excluding carboxylic acids is 4. The molecule has 0 fully saturated rings. The van der Waals surface area contributed by atoms with E-state index in [1.54, 1.807) is 13.8 Å². The Morgan fingerprint density at radius 1 is 1.04 bits per heavy atom. The molecule has 4 amide bonds. The van der Waals surface area contributed by atoms with E-state index in [2.05, 4.69) is 16.0 Å². The molecule has 4 unspecified atom stereocenters. The summed E-state index contributed by atoms with van der Waals surface area (Å²) >= 11 is 0. The van der Waals surface area contributed by atoms with Crippen molar-refractivity contribution in [1.29, 1.82) is 0 Å². The number of nitrogens with one attached hydrogen (secondary N) is 3. The largest absolute Gasteiger partial charge is 0.480 e. The average Bonchev–Trinajstić information content (AvgIpc) is 2.60. The van der Waals surface area contributed by atoms with Gasteiger partial charge in [0.2, 0.25) is 23.6 Å². The molecule has 0 radical (unpaired) electrons. The van der Waals surface area contributed by atoms with Crippen LogP contribution in [0.3, 0.4) is 0 Å². The van der Waals surface area contributed by atoms with Gasteiger partial charge in [0, 0.05) is 0 Å². The summed E-state index contributed by atoms with van der Waals surface area (Å²) < 4.78 is 0. The van der Waals surface area contributed by atoms with Crippen molar-refractivity contribution in [2.75, 3.05) is 13.2 Å². The molecule has 0 saturated carbocycles. The van der Waals surface area contributed by atoms with E-state index >= 15 is 0 Å². The molecule has 4 atom stereocenters. The molecule has 0 aromatic carbocycles. The number of primary amides is 1. The smallest absolute Gasteiger partial charge is 0.322 e. The summed E-state index contributed by atoms with van der Waals surface area (Å²) in [7, 11) is 0. The van der Waals surface area contributed by atoms with E-state index in [-0.39, 0.29) is 5.92 Å². The zero-order valence-corrected chi connectivity index (χ0v) is 15.2. The van der Waals surface area contributed by atoms with E-state index in [1.807, 2.05) is 0 Å². The highest BCUT2D eigenvalue weighted by atomic mass is 16.4. The minimum absolute atomic E-state index is 0.352. The Kier molecular flexibility index (Phi) is 10.6. The van der Waals surface area contributed by atoms with E-state index in [0.29, 0.717) is 6.42 Å². The van der Waals surface area contributed by atoms with Crippen LogP contribution in [0.1, 0.15) is 26.7 Å². The lowest BCUT2D eigenvalue weighted by molar-refractivity contribution is -0.139. The molecule has 0 aliphatic carbocycles. The van der Waals surface area contributed by atoms with E-state index in [9.17, 15) is 29.1 Å². The van der Waals surface area contributed by atoms with Crippen LogP contribution in [0.25, 0.3) is 0 Å². The second kappa shape index (κ2) is 11.8. The van der Waals surface area contributed by atoms with Crippen LogP contribution >= 0.6 is 0 Å². The second-order valence-corrected chi connectivity index (χ2v) is 6.00. The van der Waals surface area contributed by atoms with Crippen LogP contribution in [-0.2, 0) is 24.0 Å². The van der Waals surface area contributed by atoms with Crippen molar-refractivity contribution in [2.45, 2.75) is 44.8 Å². The van der Waals surface area contributed by atoms with Gasteiger partial charge in [0.1, 0.15) is 18.6 Å². The SMILES string of the molecule is CCC(C)C(NC(=O)C(CO)NC(=O)C(N)CC(N)=O)C(=O)NCC(=O)O. The molecule has 154 valence electrons. The van der Waals surface area contributed by atoms with Crippen molar-refractivity contribution in [3.05, 3.63) is 0 Å². The normalized spacial score (nSPS) is 15.0. The quantitative estimate of drug-likeness (QED) is 0.176. The maximum absolute atomic E-state index is 12.3. The summed E-state index contributed by atoms with van der Waals surface area (Å²) in [6.45, 7) is 2.03. The summed E-state index contributed by atoms with van der Waals surface area (Å²) in [4.78, 5) is 57.7. The van der Waals surface area contributed by atoms with Gasteiger partial charge < -0.3 is 37.6 Å². The fraction of sp³-hybridized carbons (Fsp3) is 0.667. The third-order valence-electron chi connectivity index (χ3n) is 3.78. The highest BCUT2D eigenvalue weighted by Crippen LogP contribution is 2.08. The average molecular weight is 389 g/mol. The monoisotopic (exact) mass is 389 g/mol. The molecule has 12 nitrogen and oxygen atoms in total. The van der Waals surface area contributed by atoms with Crippen molar-refractivity contribution < 1.29 is 34.2 Å². The number of nitrogens with two attached hydrogens (primary N) is 2. The lowest BCUT2D eigenvalue weighted by atomic mass is 9.98. The summed E-state index contributed by atoms with van der Waals surface area (Å²) in [5, 5.41) is 24.7. The molecule has 27 heavy (non-hydrogen) atoms. The highest BCUT2D eigenvalue weighted by molar-refractivity contribution is 5.94. The molecule has 0 aliphatic heterocycles. The first kappa shape index (κ1) is 24.3. The molecular formula is C15H27N5O7. The number of hydrogen-bond donors (Lipinski definition) is 7. The number of rotatable bonds is 12. The molecule has 0 bridgehead atoms. The minimum atomic E-state index is -1.42. The van der Waals surface area contributed by atoms with Crippen molar-refractivity contribution >= 4 is 29.6 Å². The first-order valence-electron chi connectivity index (χ1n) is 8.28. The number of carboxylic acids is 1. The van der Waals surface area contributed by atoms with Gasteiger partial charge in [-0.3, -0.25) is 24.0 Å². The number of aliphatic carboxylic acids is 1. The number of carboxylic acid groups (broad SMARTS) is 1. The fourth-order valence-corrected chi connectivity index (χ4v) is 2.01. The van der Waals surface area contributed by atoms with Crippen LogP contribution in [0.5, 0.6) is 0 Å². The fourth-order valence-electron chi connectivity index (χ4n) is 2.01. The highest BCUT2D eigenvalue weighted by Gasteiger charge is 2.30. The molecule has 0 rings (SSSR count). The van der Waals surface area contributed by atoms with Crippen molar-refractivity contribution in [2.24, 2.45) is 17.4 Å². The second-order valence-electron chi connectivity index (χ2n) is 6.00. The molecule has 9 N–H and O–H groups in total. The third-order valence-corrected chi connectivity index (χ3v) is 3.78. The Bertz CT molecular complexity index is 569. The van der Waals surface area contributed by atoms with E-state index in [0.717, 1.165) is 0 Å². The number of aliphatic hydroxyl groups excluding tert-OH is 1. The first-order valence-corrected chi connectivity index (χ1v) is 8.28. The maximum atomic E-state index is 12.3. The Morgan fingerprint density at radius 2 is 1.63 bits per heavy atom. The lowest BCUT2D eigenvalue weighted by Crippen LogP contribution is -2.58. The summed E-state index contributed by atoms with van der Waals surface area (Å²) in [5.41, 5.74) is 10.4. The molecule has 0 saturated heterocycles. The van der Waals surface area contributed by atoms with Crippen LogP contribution in [0, 0.1) is 5.92 Å².